The molecule has 5 heteroatoms. The Morgan fingerprint density at radius 3 is 1.90 bits per heavy atom. The Bertz CT molecular complexity index is 715. The zero-order valence-corrected chi connectivity index (χ0v) is 17.1. The highest BCUT2D eigenvalue weighted by atomic mass is 16.5. The summed E-state index contributed by atoms with van der Waals surface area (Å²) >= 11 is 0. The lowest BCUT2D eigenvalue weighted by Gasteiger charge is -2.40. The van der Waals surface area contributed by atoms with Crippen molar-refractivity contribution in [3.63, 3.8) is 0 Å². The van der Waals surface area contributed by atoms with E-state index in [-0.39, 0.29) is 11.9 Å². The lowest BCUT2D eigenvalue weighted by Crippen LogP contribution is -2.49. The number of hydrogen-bond acceptors (Lipinski definition) is 4. The maximum absolute atomic E-state index is 12.4. The molecule has 1 amide bonds. The molecule has 2 saturated heterocycles. The minimum atomic E-state index is 0.266. The van der Waals surface area contributed by atoms with Crippen LogP contribution in [0.25, 0.3) is 0 Å². The zero-order chi connectivity index (χ0) is 19.9. The first-order chi connectivity index (χ1) is 14.3. The minimum absolute atomic E-state index is 0.266. The summed E-state index contributed by atoms with van der Waals surface area (Å²) < 4.78 is 5.34. The Labute approximate surface area is 173 Å². The van der Waals surface area contributed by atoms with Gasteiger partial charge in [0.05, 0.1) is 19.3 Å². The van der Waals surface area contributed by atoms with Crippen LogP contribution >= 0.6 is 0 Å². The van der Waals surface area contributed by atoms with Crippen LogP contribution in [0, 0.1) is 0 Å². The summed E-state index contributed by atoms with van der Waals surface area (Å²) in [4.78, 5) is 19.4. The predicted molar refractivity (Wildman–Crippen MR) is 115 cm³/mol. The molecule has 0 spiro atoms. The summed E-state index contributed by atoms with van der Waals surface area (Å²) in [5.74, 6) is 0.266. The van der Waals surface area contributed by atoms with Crippen molar-refractivity contribution < 1.29 is 9.53 Å². The van der Waals surface area contributed by atoms with E-state index < -0.39 is 0 Å². The Hall–Kier alpha value is -2.21. The molecule has 0 aromatic heterocycles. The molecule has 2 aliphatic rings. The van der Waals surface area contributed by atoms with E-state index in [4.69, 9.17) is 4.74 Å². The molecule has 2 aliphatic heterocycles. The van der Waals surface area contributed by atoms with Crippen molar-refractivity contribution in [3.8, 4) is 0 Å². The Balaban J connectivity index is 1.34. The van der Waals surface area contributed by atoms with Crippen LogP contribution in [0.5, 0.6) is 0 Å². The summed E-state index contributed by atoms with van der Waals surface area (Å²) in [6.45, 7) is 7.71. The van der Waals surface area contributed by atoms with Gasteiger partial charge in [0, 0.05) is 52.2 Å². The number of carbonyl (C=O) groups excluding carboxylic acids is 1. The first-order valence-electron chi connectivity index (χ1n) is 10.7. The molecule has 0 N–H and O–H groups in total. The maximum Gasteiger partial charge on any atom is 0.224 e. The number of piperazine rings is 1. The van der Waals surface area contributed by atoms with E-state index in [0.717, 1.165) is 45.8 Å². The van der Waals surface area contributed by atoms with Gasteiger partial charge in [-0.25, -0.2) is 0 Å². The molecule has 2 fully saturated rings. The molecule has 5 nitrogen and oxygen atoms in total. The van der Waals surface area contributed by atoms with Gasteiger partial charge in [-0.3, -0.25) is 9.69 Å². The molecule has 2 aromatic carbocycles. The van der Waals surface area contributed by atoms with E-state index in [0.29, 0.717) is 19.6 Å². The van der Waals surface area contributed by atoms with E-state index in [9.17, 15) is 4.79 Å². The normalized spacial score (nSPS) is 18.9. The SMILES string of the molecule is O=C(CCN1CCN(C(c2ccccc2)c2ccccc2)CC1)N1CCOCC1. The topological polar surface area (TPSA) is 36.0 Å². The first kappa shape index (κ1) is 20.1. The van der Waals surface area contributed by atoms with Gasteiger partial charge in [0.15, 0.2) is 0 Å². The van der Waals surface area contributed by atoms with Crippen LogP contribution in [0.15, 0.2) is 60.7 Å². The molecule has 4 rings (SSSR count). The third-order valence-corrected chi connectivity index (χ3v) is 6.01. The third-order valence-electron chi connectivity index (χ3n) is 6.01. The van der Waals surface area contributed by atoms with Crippen LogP contribution in [0.1, 0.15) is 23.6 Å². The van der Waals surface area contributed by atoms with E-state index in [2.05, 4.69) is 70.5 Å². The van der Waals surface area contributed by atoms with Crippen molar-refractivity contribution in [3.05, 3.63) is 71.8 Å². The van der Waals surface area contributed by atoms with Crippen molar-refractivity contribution in [1.82, 2.24) is 14.7 Å². The molecule has 0 unspecified atom stereocenters. The van der Waals surface area contributed by atoms with Gasteiger partial charge in [0.2, 0.25) is 5.91 Å². The van der Waals surface area contributed by atoms with Gasteiger partial charge in [0.25, 0.3) is 0 Å². The van der Waals surface area contributed by atoms with Crippen LogP contribution in [-0.2, 0) is 9.53 Å². The molecule has 0 radical (unpaired) electrons. The fourth-order valence-corrected chi connectivity index (χ4v) is 4.35. The highest BCUT2D eigenvalue weighted by molar-refractivity contribution is 5.76. The molecule has 0 atom stereocenters. The van der Waals surface area contributed by atoms with Crippen LogP contribution in [0.3, 0.4) is 0 Å². The Morgan fingerprint density at radius 2 is 1.34 bits per heavy atom. The number of benzene rings is 2. The Kier molecular flexibility index (Phi) is 6.93. The second-order valence-corrected chi connectivity index (χ2v) is 7.84. The lowest BCUT2D eigenvalue weighted by molar-refractivity contribution is -0.135. The fraction of sp³-hybridized carbons (Fsp3) is 0.458. The molecule has 29 heavy (non-hydrogen) atoms. The van der Waals surface area contributed by atoms with Crippen molar-refractivity contribution in [2.45, 2.75) is 12.5 Å². The van der Waals surface area contributed by atoms with Crippen LogP contribution in [0.4, 0.5) is 0 Å². The Morgan fingerprint density at radius 1 is 0.793 bits per heavy atom. The number of morpholine rings is 1. The second kappa shape index (κ2) is 10.0. The van der Waals surface area contributed by atoms with Gasteiger partial charge in [-0.2, -0.15) is 0 Å². The van der Waals surface area contributed by atoms with Crippen molar-refractivity contribution in [1.29, 1.82) is 0 Å². The summed E-state index contributed by atoms with van der Waals surface area (Å²) in [5, 5.41) is 0. The third kappa shape index (κ3) is 5.24. The largest absolute Gasteiger partial charge is 0.378 e. The molecule has 2 heterocycles. The van der Waals surface area contributed by atoms with Gasteiger partial charge in [0.1, 0.15) is 0 Å². The number of amides is 1. The number of nitrogens with zero attached hydrogens (tertiary/aromatic N) is 3. The van der Waals surface area contributed by atoms with Crippen molar-refractivity contribution >= 4 is 5.91 Å². The average Bonchev–Trinajstić information content (AvgIpc) is 2.80. The second-order valence-electron chi connectivity index (χ2n) is 7.84. The first-order valence-corrected chi connectivity index (χ1v) is 10.7. The van der Waals surface area contributed by atoms with E-state index >= 15 is 0 Å². The van der Waals surface area contributed by atoms with Crippen LogP contribution < -0.4 is 0 Å². The van der Waals surface area contributed by atoms with Gasteiger partial charge in [-0.1, -0.05) is 60.7 Å². The van der Waals surface area contributed by atoms with Gasteiger partial charge < -0.3 is 14.5 Å². The summed E-state index contributed by atoms with van der Waals surface area (Å²) in [6.07, 6.45) is 0.612. The average molecular weight is 394 g/mol. The van der Waals surface area contributed by atoms with Crippen molar-refractivity contribution in [2.24, 2.45) is 0 Å². The molecule has 2 aromatic rings. The van der Waals surface area contributed by atoms with Crippen LogP contribution in [0.2, 0.25) is 0 Å². The van der Waals surface area contributed by atoms with Crippen molar-refractivity contribution in [2.75, 3.05) is 59.0 Å². The molecule has 154 valence electrons. The highest BCUT2D eigenvalue weighted by Crippen LogP contribution is 2.29. The zero-order valence-electron chi connectivity index (χ0n) is 17.1. The number of rotatable bonds is 6. The number of hydrogen-bond donors (Lipinski definition) is 0. The quantitative estimate of drug-likeness (QED) is 0.756. The monoisotopic (exact) mass is 393 g/mol. The summed E-state index contributed by atoms with van der Waals surface area (Å²) in [6, 6.07) is 21.8. The molecule has 0 saturated carbocycles. The molecular formula is C24H31N3O2. The number of ether oxygens (including phenoxy) is 1. The minimum Gasteiger partial charge on any atom is -0.378 e. The van der Waals surface area contributed by atoms with Crippen LogP contribution in [-0.4, -0.2) is 79.6 Å². The number of carbonyl (C=O) groups is 1. The lowest BCUT2D eigenvalue weighted by atomic mass is 9.96. The van der Waals surface area contributed by atoms with Gasteiger partial charge >= 0.3 is 0 Å². The smallest absolute Gasteiger partial charge is 0.224 e. The van der Waals surface area contributed by atoms with E-state index in [1.54, 1.807) is 0 Å². The fourth-order valence-electron chi connectivity index (χ4n) is 4.35. The van der Waals surface area contributed by atoms with Gasteiger partial charge in [-0.15, -0.1) is 0 Å². The predicted octanol–water partition coefficient (Wildman–Crippen LogP) is 2.64. The highest BCUT2D eigenvalue weighted by Gasteiger charge is 2.26. The summed E-state index contributed by atoms with van der Waals surface area (Å²) in [5.41, 5.74) is 2.68. The molecule has 0 bridgehead atoms. The summed E-state index contributed by atoms with van der Waals surface area (Å²) in [7, 11) is 0. The standard InChI is InChI=1S/C24H31N3O2/c28-23(26-17-19-29-20-18-26)11-12-25-13-15-27(16-14-25)24(21-7-3-1-4-8-21)22-9-5-2-6-10-22/h1-10,24H,11-20H2. The maximum atomic E-state index is 12.4. The van der Waals surface area contributed by atoms with E-state index in [1.165, 1.54) is 11.1 Å². The molecular weight excluding hydrogens is 362 g/mol. The van der Waals surface area contributed by atoms with E-state index in [1.807, 2.05) is 4.90 Å². The molecule has 0 aliphatic carbocycles. The van der Waals surface area contributed by atoms with Gasteiger partial charge in [-0.05, 0) is 11.1 Å².